The van der Waals surface area contributed by atoms with E-state index in [9.17, 15) is 0 Å². The average molecular weight is 235 g/mol. The quantitative estimate of drug-likeness (QED) is 0.781. The SMILES string of the molecule is CC1Sc2ccccc2N1CC1CCCO1. The highest BCUT2D eigenvalue weighted by molar-refractivity contribution is 8.00. The molecule has 16 heavy (non-hydrogen) atoms. The van der Waals surface area contributed by atoms with Crippen molar-refractivity contribution >= 4 is 17.4 Å². The maximum absolute atomic E-state index is 5.73. The van der Waals surface area contributed by atoms with Gasteiger partial charge in [-0.15, -0.1) is 0 Å². The summed E-state index contributed by atoms with van der Waals surface area (Å²) in [7, 11) is 0. The molecular formula is C13H17NOS. The molecule has 0 bridgehead atoms. The van der Waals surface area contributed by atoms with Crippen LogP contribution < -0.4 is 4.90 Å². The molecule has 1 aromatic rings. The Morgan fingerprint density at radius 1 is 1.44 bits per heavy atom. The van der Waals surface area contributed by atoms with Gasteiger partial charge < -0.3 is 9.64 Å². The molecule has 1 saturated heterocycles. The fraction of sp³-hybridized carbons (Fsp3) is 0.538. The van der Waals surface area contributed by atoms with E-state index in [0.29, 0.717) is 11.5 Å². The number of nitrogens with zero attached hydrogens (tertiary/aromatic N) is 1. The second kappa shape index (κ2) is 4.30. The van der Waals surface area contributed by atoms with Crippen molar-refractivity contribution in [2.45, 2.75) is 36.1 Å². The summed E-state index contributed by atoms with van der Waals surface area (Å²) in [6, 6.07) is 8.68. The highest BCUT2D eigenvalue weighted by atomic mass is 32.2. The van der Waals surface area contributed by atoms with Crippen LogP contribution in [0.1, 0.15) is 19.8 Å². The first kappa shape index (κ1) is 10.5. The molecule has 0 saturated carbocycles. The lowest BCUT2D eigenvalue weighted by Crippen LogP contribution is -2.34. The van der Waals surface area contributed by atoms with Gasteiger partial charge in [0.1, 0.15) is 0 Å². The van der Waals surface area contributed by atoms with Crippen molar-refractivity contribution in [2.75, 3.05) is 18.1 Å². The predicted molar refractivity (Wildman–Crippen MR) is 68.1 cm³/mol. The van der Waals surface area contributed by atoms with Crippen molar-refractivity contribution in [1.29, 1.82) is 0 Å². The average Bonchev–Trinajstić information content (AvgIpc) is 2.89. The molecule has 1 aromatic carbocycles. The predicted octanol–water partition coefficient (Wildman–Crippen LogP) is 3.12. The van der Waals surface area contributed by atoms with Gasteiger partial charge in [-0.05, 0) is 31.9 Å². The van der Waals surface area contributed by atoms with Crippen LogP contribution in [0.4, 0.5) is 5.69 Å². The van der Waals surface area contributed by atoms with Gasteiger partial charge in [0.15, 0.2) is 0 Å². The van der Waals surface area contributed by atoms with Crippen molar-refractivity contribution in [3.05, 3.63) is 24.3 Å². The summed E-state index contributed by atoms with van der Waals surface area (Å²) in [5.41, 5.74) is 1.38. The molecule has 0 amide bonds. The number of thioether (sulfide) groups is 1. The Morgan fingerprint density at radius 3 is 3.12 bits per heavy atom. The zero-order chi connectivity index (χ0) is 11.0. The third-order valence-corrected chi connectivity index (χ3v) is 4.53. The van der Waals surface area contributed by atoms with E-state index < -0.39 is 0 Å². The number of hydrogen-bond acceptors (Lipinski definition) is 3. The lowest BCUT2D eigenvalue weighted by atomic mass is 10.2. The molecule has 0 aliphatic carbocycles. The van der Waals surface area contributed by atoms with Crippen LogP contribution in [0.5, 0.6) is 0 Å². The third-order valence-electron chi connectivity index (χ3n) is 3.34. The zero-order valence-corrected chi connectivity index (χ0v) is 10.4. The summed E-state index contributed by atoms with van der Waals surface area (Å²) in [4.78, 5) is 3.89. The van der Waals surface area contributed by atoms with Crippen molar-refractivity contribution in [2.24, 2.45) is 0 Å². The van der Waals surface area contributed by atoms with Gasteiger partial charge in [-0.2, -0.15) is 0 Å². The molecule has 2 unspecified atom stereocenters. The third kappa shape index (κ3) is 1.82. The molecule has 1 fully saturated rings. The largest absolute Gasteiger partial charge is 0.376 e. The van der Waals surface area contributed by atoms with E-state index in [1.54, 1.807) is 0 Å². The van der Waals surface area contributed by atoms with Crippen LogP contribution >= 0.6 is 11.8 Å². The summed E-state index contributed by atoms with van der Waals surface area (Å²) in [5.74, 6) is 0. The van der Waals surface area contributed by atoms with Gasteiger partial charge in [-0.1, -0.05) is 23.9 Å². The second-order valence-electron chi connectivity index (χ2n) is 4.47. The van der Waals surface area contributed by atoms with Gasteiger partial charge in [0, 0.05) is 18.0 Å². The summed E-state index contributed by atoms with van der Waals surface area (Å²) in [5, 5.41) is 0.543. The fourth-order valence-electron chi connectivity index (χ4n) is 2.49. The van der Waals surface area contributed by atoms with Crippen molar-refractivity contribution in [3.63, 3.8) is 0 Å². The molecule has 0 radical (unpaired) electrons. The summed E-state index contributed by atoms with van der Waals surface area (Å²) < 4.78 is 5.73. The molecule has 0 N–H and O–H groups in total. The topological polar surface area (TPSA) is 12.5 Å². The molecular weight excluding hydrogens is 218 g/mol. The van der Waals surface area contributed by atoms with Gasteiger partial charge >= 0.3 is 0 Å². The maximum atomic E-state index is 5.73. The molecule has 2 aliphatic rings. The van der Waals surface area contributed by atoms with E-state index in [1.807, 2.05) is 11.8 Å². The minimum atomic E-state index is 0.439. The van der Waals surface area contributed by atoms with Crippen molar-refractivity contribution in [3.8, 4) is 0 Å². The Hall–Kier alpha value is -0.670. The van der Waals surface area contributed by atoms with Crippen LogP contribution in [0.15, 0.2) is 29.2 Å². The Labute approximate surface area is 101 Å². The van der Waals surface area contributed by atoms with Crippen LogP contribution in [-0.2, 0) is 4.74 Å². The molecule has 86 valence electrons. The fourth-order valence-corrected chi connectivity index (χ4v) is 3.65. The molecule has 3 rings (SSSR count). The van der Waals surface area contributed by atoms with Crippen LogP contribution in [0.2, 0.25) is 0 Å². The lowest BCUT2D eigenvalue weighted by molar-refractivity contribution is 0.115. The number of benzene rings is 1. The molecule has 2 heterocycles. The molecule has 0 spiro atoms. The number of rotatable bonds is 2. The Morgan fingerprint density at radius 2 is 2.31 bits per heavy atom. The highest BCUT2D eigenvalue weighted by Crippen LogP contribution is 2.43. The molecule has 2 atom stereocenters. The first-order valence-electron chi connectivity index (χ1n) is 5.98. The Kier molecular flexibility index (Phi) is 2.82. The molecule has 2 aliphatic heterocycles. The standard InChI is InChI=1S/C13H17NOS/c1-10-14(9-11-5-4-8-15-11)12-6-2-3-7-13(12)16-10/h2-3,6-7,10-11H,4-5,8-9H2,1H3. The van der Waals surface area contributed by atoms with Gasteiger partial charge in [-0.3, -0.25) is 0 Å². The number of para-hydroxylation sites is 1. The highest BCUT2D eigenvalue weighted by Gasteiger charge is 2.29. The molecule has 0 aromatic heterocycles. The van der Waals surface area contributed by atoms with E-state index in [1.165, 1.54) is 23.4 Å². The first-order valence-corrected chi connectivity index (χ1v) is 6.86. The minimum Gasteiger partial charge on any atom is -0.376 e. The van der Waals surface area contributed by atoms with Crippen LogP contribution in [0.3, 0.4) is 0 Å². The second-order valence-corrected chi connectivity index (χ2v) is 5.83. The van der Waals surface area contributed by atoms with Crippen LogP contribution in [0.25, 0.3) is 0 Å². The Bertz CT molecular complexity index is 376. The normalized spacial score (nSPS) is 28.4. The van der Waals surface area contributed by atoms with Crippen LogP contribution in [0, 0.1) is 0 Å². The van der Waals surface area contributed by atoms with E-state index in [4.69, 9.17) is 4.74 Å². The molecule has 3 heteroatoms. The van der Waals surface area contributed by atoms with Gasteiger partial charge in [0.2, 0.25) is 0 Å². The van der Waals surface area contributed by atoms with E-state index in [0.717, 1.165) is 13.2 Å². The first-order chi connectivity index (χ1) is 7.84. The minimum absolute atomic E-state index is 0.439. The molecule has 2 nitrogen and oxygen atoms in total. The number of fused-ring (bicyclic) bond motifs is 1. The summed E-state index contributed by atoms with van der Waals surface area (Å²) in [6.07, 6.45) is 2.88. The smallest absolute Gasteiger partial charge is 0.0771 e. The monoisotopic (exact) mass is 235 g/mol. The number of ether oxygens (including phenoxy) is 1. The maximum Gasteiger partial charge on any atom is 0.0771 e. The lowest BCUT2D eigenvalue weighted by Gasteiger charge is -2.26. The number of anilines is 1. The van der Waals surface area contributed by atoms with Crippen LogP contribution in [-0.4, -0.2) is 24.6 Å². The van der Waals surface area contributed by atoms with Gasteiger partial charge in [0.25, 0.3) is 0 Å². The van der Waals surface area contributed by atoms with Crippen molar-refractivity contribution < 1.29 is 4.74 Å². The van der Waals surface area contributed by atoms with Crippen molar-refractivity contribution in [1.82, 2.24) is 0 Å². The van der Waals surface area contributed by atoms with E-state index in [2.05, 4.69) is 36.1 Å². The van der Waals surface area contributed by atoms with Gasteiger partial charge in [0.05, 0.1) is 17.2 Å². The van der Waals surface area contributed by atoms with Gasteiger partial charge in [-0.25, -0.2) is 0 Å². The number of hydrogen-bond donors (Lipinski definition) is 0. The summed E-state index contributed by atoms with van der Waals surface area (Å²) >= 11 is 1.95. The van der Waals surface area contributed by atoms with E-state index in [-0.39, 0.29) is 0 Å². The zero-order valence-electron chi connectivity index (χ0n) is 9.56. The van der Waals surface area contributed by atoms with E-state index >= 15 is 0 Å². The summed E-state index contributed by atoms with van der Waals surface area (Å²) in [6.45, 7) is 4.27. The Balaban J connectivity index is 1.79.